The Labute approximate surface area is 141 Å². The molecule has 128 valence electrons. The predicted molar refractivity (Wildman–Crippen MR) is 92.6 cm³/mol. The monoisotopic (exact) mass is 328 g/mol. The Morgan fingerprint density at radius 2 is 2.21 bits per heavy atom. The molecule has 0 radical (unpaired) electrons. The molecule has 0 saturated heterocycles. The second-order valence-corrected chi connectivity index (χ2v) is 6.32. The summed E-state index contributed by atoms with van der Waals surface area (Å²) in [6, 6.07) is 8.74. The van der Waals surface area contributed by atoms with Crippen LogP contribution in [0.4, 0.5) is 5.69 Å². The molecule has 1 unspecified atom stereocenters. The van der Waals surface area contributed by atoms with Crippen molar-refractivity contribution in [3.8, 4) is 0 Å². The first-order valence-corrected chi connectivity index (χ1v) is 8.39. The number of aliphatic hydroxyl groups is 1. The summed E-state index contributed by atoms with van der Waals surface area (Å²) in [5.74, 6) is 0.499. The van der Waals surface area contributed by atoms with Gasteiger partial charge in [-0.3, -0.25) is 9.48 Å². The maximum absolute atomic E-state index is 11.7. The average Bonchev–Trinajstić information content (AvgIpc) is 3.33. The van der Waals surface area contributed by atoms with E-state index in [-0.39, 0.29) is 31.6 Å². The van der Waals surface area contributed by atoms with E-state index in [0.717, 1.165) is 5.69 Å². The zero-order valence-electron chi connectivity index (χ0n) is 13.9. The third-order valence-corrected chi connectivity index (χ3v) is 4.31. The molecular weight excluding hydrogens is 304 g/mol. The third kappa shape index (κ3) is 4.14. The molecule has 0 bridgehead atoms. The molecule has 0 spiro atoms. The molecule has 2 aromatic rings. The topological polar surface area (TPSA) is 79.2 Å². The van der Waals surface area contributed by atoms with Gasteiger partial charge in [0.25, 0.3) is 0 Å². The zero-order valence-corrected chi connectivity index (χ0v) is 13.9. The van der Waals surface area contributed by atoms with E-state index in [1.54, 1.807) is 10.9 Å². The number of nitrogens with one attached hydrogen (secondary N) is 2. The van der Waals surface area contributed by atoms with Crippen molar-refractivity contribution in [3.05, 3.63) is 47.8 Å². The average molecular weight is 328 g/mol. The summed E-state index contributed by atoms with van der Waals surface area (Å²) in [7, 11) is 0. The van der Waals surface area contributed by atoms with Crippen LogP contribution in [0.25, 0.3) is 0 Å². The van der Waals surface area contributed by atoms with Crippen LogP contribution in [0.3, 0.4) is 0 Å². The Bertz CT molecular complexity index is 694. The van der Waals surface area contributed by atoms with E-state index in [2.05, 4.69) is 46.9 Å². The van der Waals surface area contributed by atoms with Gasteiger partial charge in [0.05, 0.1) is 24.5 Å². The lowest BCUT2D eigenvalue weighted by Gasteiger charge is -2.20. The van der Waals surface area contributed by atoms with Gasteiger partial charge >= 0.3 is 0 Å². The summed E-state index contributed by atoms with van der Waals surface area (Å²) in [6.45, 7) is 2.50. The number of hydrogen-bond donors (Lipinski definition) is 3. The van der Waals surface area contributed by atoms with Crippen LogP contribution in [-0.4, -0.2) is 33.9 Å². The van der Waals surface area contributed by atoms with Crippen molar-refractivity contribution in [2.24, 2.45) is 5.92 Å². The van der Waals surface area contributed by atoms with E-state index in [9.17, 15) is 4.79 Å². The molecule has 3 N–H and O–H groups in total. The fourth-order valence-electron chi connectivity index (χ4n) is 2.92. The number of anilines is 1. The first kappa shape index (κ1) is 16.5. The van der Waals surface area contributed by atoms with Crippen molar-refractivity contribution in [1.82, 2.24) is 15.1 Å². The molecule has 24 heavy (non-hydrogen) atoms. The number of hydrogen-bond acceptors (Lipinski definition) is 4. The van der Waals surface area contributed by atoms with Gasteiger partial charge in [0.15, 0.2) is 0 Å². The molecule has 0 aliphatic heterocycles. The lowest BCUT2D eigenvalue weighted by Crippen LogP contribution is -2.30. The lowest BCUT2D eigenvalue weighted by atomic mass is 9.97. The highest BCUT2D eigenvalue weighted by molar-refractivity contribution is 5.75. The SMILES string of the molecule is Cc1ccccc1C(Nc1cnn(CC(=O)NCCO)c1)C1CC1. The van der Waals surface area contributed by atoms with Gasteiger partial charge < -0.3 is 15.7 Å². The van der Waals surface area contributed by atoms with Crippen molar-refractivity contribution in [2.75, 3.05) is 18.5 Å². The minimum atomic E-state index is -0.156. The number of nitrogens with zero attached hydrogens (tertiary/aromatic N) is 2. The summed E-state index contributed by atoms with van der Waals surface area (Å²) in [5, 5.41) is 19.2. The standard InChI is InChI=1S/C18H24N4O2/c1-13-4-2-3-5-16(13)18(14-6-7-14)21-15-10-20-22(11-15)12-17(24)19-8-9-23/h2-5,10-11,14,18,21,23H,6-9,12H2,1H3,(H,19,24). The molecule has 3 rings (SSSR count). The summed E-state index contributed by atoms with van der Waals surface area (Å²) < 4.78 is 1.61. The largest absolute Gasteiger partial charge is 0.395 e. The third-order valence-electron chi connectivity index (χ3n) is 4.31. The smallest absolute Gasteiger partial charge is 0.241 e. The van der Waals surface area contributed by atoms with Crippen LogP contribution in [0.15, 0.2) is 36.7 Å². The first-order valence-electron chi connectivity index (χ1n) is 8.39. The second-order valence-electron chi connectivity index (χ2n) is 6.32. The molecule has 6 heteroatoms. The molecular formula is C18H24N4O2. The van der Waals surface area contributed by atoms with E-state index in [4.69, 9.17) is 5.11 Å². The molecule has 1 aromatic heterocycles. The maximum atomic E-state index is 11.7. The Morgan fingerprint density at radius 1 is 1.42 bits per heavy atom. The van der Waals surface area contributed by atoms with Crippen molar-refractivity contribution in [3.63, 3.8) is 0 Å². The van der Waals surface area contributed by atoms with E-state index >= 15 is 0 Å². The molecule has 6 nitrogen and oxygen atoms in total. The number of aromatic nitrogens is 2. The zero-order chi connectivity index (χ0) is 16.9. The van der Waals surface area contributed by atoms with E-state index in [1.165, 1.54) is 24.0 Å². The first-order chi connectivity index (χ1) is 11.7. The Hall–Kier alpha value is -2.34. The Kier molecular flexibility index (Phi) is 5.15. The summed E-state index contributed by atoms with van der Waals surface area (Å²) in [4.78, 5) is 11.7. The maximum Gasteiger partial charge on any atom is 0.241 e. The van der Waals surface area contributed by atoms with Crippen LogP contribution >= 0.6 is 0 Å². The van der Waals surface area contributed by atoms with Gasteiger partial charge in [0.1, 0.15) is 6.54 Å². The normalized spacial score (nSPS) is 15.1. The van der Waals surface area contributed by atoms with Crippen molar-refractivity contribution in [1.29, 1.82) is 0 Å². The fourth-order valence-corrected chi connectivity index (χ4v) is 2.92. The molecule has 1 aliphatic rings. The second kappa shape index (κ2) is 7.49. The van der Waals surface area contributed by atoms with Crippen LogP contribution in [0.2, 0.25) is 0 Å². The minimum absolute atomic E-state index is 0.0584. The van der Waals surface area contributed by atoms with Crippen molar-refractivity contribution in [2.45, 2.75) is 32.4 Å². The van der Waals surface area contributed by atoms with Gasteiger partial charge in [-0.2, -0.15) is 5.10 Å². The molecule has 1 amide bonds. The van der Waals surface area contributed by atoms with Crippen LogP contribution in [0.1, 0.15) is 30.0 Å². The molecule has 1 aromatic carbocycles. The van der Waals surface area contributed by atoms with Crippen molar-refractivity contribution < 1.29 is 9.90 Å². The van der Waals surface area contributed by atoms with E-state index in [1.807, 2.05) is 6.20 Å². The molecule has 1 heterocycles. The summed E-state index contributed by atoms with van der Waals surface area (Å²) in [6.07, 6.45) is 6.09. The van der Waals surface area contributed by atoms with Crippen LogP contribution < -0.4 is 10.6 Å². The Balaban J connectivity index is 1.66. The molecule has 1 fully saturated rings. The van der Waals surface area contributed by atoms with E-state index in [0.29, 0.717) is 5.92 Å². The highest BCUT2D eigenvalue weighted by Gasteiger charge is 2.33. The number of carbonyl (C=O) groups is 1. The molecule has 1 saturated carbocycles. The number of amides is 1. The van der Waals surface area contributed by atoms with E-state index < -0.39 is 0 Å². The highest BCUT2D eigenvalue weighted by Crippen LogP contribution is 2.43. The van der Waals surface area contributed by atoms with Gasteiger partial charge in [0.2, 0.25) is 5.91 Å². The Morgan fingerprint density at radius 3 is 2.92 bits per heavy atom. The van der Waals surface area contributed by atoms with Gasteiger partial charge in [-0.05, 0) is 36.8 Å². The number of benzene rings is 1. The van der Waals surface area contributed by atoms with Gasteiger partial charge in [-0.25, -0.2) is 0 Å². The number of rotatable bonds is 8. The fraction of sp³-hybridized carbons (Fsp3) is 0.444. The number of aliphatic hydroxyl groups excluding tert-OH is 1. The predicted octanol–water partition coefficient (Wildman–Crippen LogP) is 1.86. The molecule has 1 aliphatic carbocycles. The lowest BCUT2D eigenvalue weighted by molar-refractivity contribution is -0.122. The highest BCUT2D eigenvalue weighted by atomic mass is 16.3. The number of aryl methyl sites for hydroxylation is 1. The van der Waals surface area contributed by atoms with Crippen LogP contribution in [0.5, 0.6) is 0 Å². The quantitative estimate of drug-likeness (QED) is 0.691. The van der Waals surface area contributed by atoms with Gasteiger partial charge in [-0.15, -0.1) is 0 Å². The molecule has 1 atom stereocenters. The summed E-state index contributed by atoms with van der Waals surface area (Å²) in [5.41, 5.74) is 3.54. The summed E-state index contributed by atoms with van der Waals surface area (Å²) >= 11 is 0. The minimum Gasteiger partial charge on any atom is -0.395 e. The number of carbonyl (C=O) groups excluding carboxylic acids is 1. The van der Waals surface area contributed by atoms with Crippen molar-refractivity contribution >= 4 is 11.6 Å². The van der Waals surface area contributed by atoms with Crippen LogP contribution in [-0.2, 0) is 11.3 Å². The van der Waals surface area contributed by atoms with Gasteiger partial charge in [0, 0.05) is 12.7 Å². The van der Waals surface area contributed by atoms with Crippen LogP contribution in [0, 0.1) is 12.8 Å². The van der Waals surface area contributed by atoms with Gasteiger partial charge in [-0.1, -0.05) is 24.3 Å².